The van der Waals surface area contributed by atoms with Gasteiger partial charge in [0.25, 0.3) is 11.8 Å². The smallest absolute Gasteiger partial charge is 0.276 e. The molecule has 30 heavy (non-hydrogen) atoms. The van der Waals surface area contributed by atoms with E-state index in [0.29, 0.717) is 30.4 Å². The summed E-state index contributed by atoms with van der Waals surface area (Å²) >= 11 is 0. The fraction of sp³-hybridized carbons (Fsp3) is 0.524. The number of halogens is 1. The maximum atomic E-state index is 13.1. The zero-order valence-electron chi connectivity index (χ0n) is 17.0. The molecule has 0 radical (unpaired) electrons. The molecule has 2 aromatic rings. The topological polar surface area (TPSA) is 92.2 Å². The third-order valence-electron chi connectivity index (χ3n) is 5.83. The number of benzene rings is 1. The van der Waals surface area contributed by atoms with Gasteiger partial charge in [-0.15, -0.1) is 17.5 Å². The van der Waals surface area contributed by atoms with Crippen LogP contribution in [0.4, 0.5) is 0 Å². The van der Waals surface area contributed by atoms with Gasteiger partial charge < -0.3 is 15.5 Å². The number of hydrogen-bond donors (Lipinski definition) is 2. The highest BCUT2D eigenvalue weighted by Gasteiger charge is 2.30. The van der Waals surface area contributed by atoms with Crippen LogP contribution in [0.3, 0.4) is 0 Å². The Kier molecular flexibility index (Phi) is 7.81. The molecule has 162 valence electrons. The van der Waals surface area contributed by atoms with Gasteiger partial charge in [0.2, 0.25) is 0 Å². The summed E-state index contributed by atoms with van der Waals surface area (Å²) in [5.41, 5.74) is 1.02. The summed E-state index contributed by atoms with van der Waals surface area (Å²) in [5.74, 6) is -0.204. The Morgan fingerprint density at radius 3 is 2.63 bits per heavy atom. The summed E-state index contributed by atoms with van der Waals surface area (Å²) in [6.45, 7) is 3.05. The maximum Gasteiger partial charge on any atom is 0.276 e. The molecule has 1 unspecified atom stereocenters. The van der Waals surface area contributed by atoms with Crippen molar-refractivity contribution in [3.63, 3.8) is 0 Å². The fourth-order valence-corrected chi connectivity index (χ4v) is 4.15. The molecule has 2 fully saturated rings. The molecule has 0 saturated carbocycles. The Balaban J connectivity index is 0.00000256. The van der Waals surface area contributed by atoms with Crippen LogP contribution < -0.4 is 10.6 Å². The first kappa shape index (κ1) is 22.2. The molecule has 0 aliphatic carbocycles. The van der Waals surface area contributed by atoms with Crippen molar-refractivity contribution >= 4 is 24.2 Å². The highest BCUT2D eigenvalue weighted by Crippen LogP contribution is 2.21. The molecule has 1 aromatic heterocycles. The van der Waals surface area contributed by atoms with Gasteiger partial charge in [0, 0.05) is 24.7 Å². The van der Waals surface area contributed by atoms with E-state index < -0.39 is 0 Å². The standard InChI is InChI=1S/C21H28N6O2.ClH/c28-20(16-6-2-1-3-7-16)23-14-18-8-4-5-13-26(18)21(29)19-15-27(25-24-19)17-9-11-22-12-10-17;/h1-3,6-7,15,17-18,22H,4-5,8-14H2,(H,23,28);1H. The average molecular weight is 433 g/mol. The summed E-state index contributed by atoms with van der Waals surface area (Å²) in [6, 6.07) is 9.43. The molecule has 2 amide bonds. The molecule has 1 aromatic carbocycles. The molecule has 8 nitrogen and oxygen atoms in total. The van der Waals surface area contributed by atoms with E-state index in [1.807, 2.05) is 27.8 Å². The molecule has 2 aliphatic heterocycles. The minimum Gasteiger partial charge on any atom is -0.350 e. The fourth-order valence-electron chi connectivity index (χ4n) is 4.15. The van der Waals surface area contributed by atoms with Gasteiger partial charge in [-0.25, -0.2) is 4.68 Å². The van der Waals surface area contributed by atoms with E-state index >= 15 is 0 Å². The summed E-state index contributed by atoms with van der Waals surface area (Å²) in [6.07, 6.45) is 6.67. The highest BCUT2D eigenvalue weighted by atomic mass is 35.5. The van der Waals surface area contributed by atoms with Crippen LogP contribution in [-0.2, 0) is 0 Å². The van der Waals surface area contributed by atoms with Crippen LogP contribution >= 0.6 is 12.4 Å². The number of nitrogens with one attached hydrogen (secondary N) is 2. The lowest BCUT2D eigenvalue weighted by Crippen LogP contribution is -2.49. The molecule has 1 atom stereocenters. The lowest BCUT2D eigenvalue weighted by molar-refractivity contribution is 0.0596. The number of likely N-dealkylation sites (tertiary alicyclic amines) is 1. The number of rotatable bonds is 5. The largest absolute Gasteiger partial charge is 0.350 e. The summed E-state index contributed by atoms with van der Waals surface area (Å²) in [5, 5.41) is 14.7. The second-order valence-corrected chi connectivity index (χ2v) is 7.79. The molecule has 9 heteroatoms. The number of amides is 2. The summed E-state index contributed by atoms with van der Waals surface area (Å²) in [7, 11) is 0. The molecule has 2 saturated heterocycles. The van der Waals surface area contributed by atoms with E-state index in [-0.39, 0.29) is 30.3 Å². The molecule has 0 spiro atoms. The van der Waals surface area contributed by atoms with Crippen LogP contribution in [0.2, 0.25) is 0 Å². The average Bonchev–Trinajstić information content (AvgIpc) is 3.29. The van der Waals surface area contributed by atoms with Crippen molar-refractivity contribution in [2.75, 3.05) is 26.2 Å². The normalized spacial score (nSPS) is 19.7. The number of hydrogen-bond acceptors (Lipinski definition) is 5. The third-order valence-corrected chi connectivity index (χ3v) is 5.83. The van der Waals surface area contributed by atoms with Gasteiger partial charge in [0.05, 0.1) is 12.2 Å². The van der Waals surface area contributed by atoms with Gasteiger partial charge in [-0.1, -0.05) is 23.4 Å². The molecule has 0 bridgehead atoms. The lowest BCUT2D eigenvalue weighted by Gasteiger charge is -2.35. The first-order chi connectivity index (χ1) is 14.2. The number of nitrogens with zero attached hydrogens (tertiary/aromatic N) is 4. The predicted molar refractivity (Wildman–Crippen MR) is 116 cm³/mol. The minimum atomic E-state index is -0.111. The van der Waals surface area contributed by atoms with Crippen LogP contribution in [0.15, 0.2) is 36.5 Å². The van der Waals surface area contributed by atoms with Crippen LogP contribution in [0.25, 0.3) is 0 Å². The first-order valence-electron chi connectivity index (χ1n) is 10.5. The van der Waals surface area contributed by atoms with Gasteiger partial charge in [-0.05, 0) is 57.3 Å². The lowest BCUT2D eigenvalue weighted by atomic mass is 10.0. The van der Waals surface area contributed by atoms with Crippen molar-refractivity contribution in [1.82, 2.24) is 30.5 Å². The molecule has 2 N–H and O–H groups in total. The molecule has 3 heterocycles. The van der Waals surface area contributed by atoms with Crippen molar-refractivity contribution in [2.24, 2.45) is 0 Å². The van der Waals surface area contributed by atoms with E-state index in [9.17, 15) is 9.59 Å². The monoisotopic (exact) mass is 432 g/mol. The molecule has 4 rings (SSSR count). The van der Waals surface area contributed by atoms with Crippen molar-refractivity contribution in [2.45, 2.75) is 44.2 Å². The first-order valence-corrected chi connectivity index (χ1v) is 10.5. The summed E-state index contributed by atoms with van der Waals surface area (Å²) in [4.78, 5) is 27.3. The van der Waals surface area contributed by atoms with Crippen molar-refractivity contribution < 1.29 is 9.59 Å². The second-order valence-electron chi connectivity index (χ2n) is 7.79. The van der Waals surface area contributed by atoms with E-state index in [0.717, 1.165) is 45.2 Å². The van der Waals surface area contributed by atoms with Gasteiger partial charge in [-0.2, -0.15) is 0 Å². The van der Waals surface area contributed by atoms with Crippen LogP contribution in [-0.4, -0.2) is 63.9 Å². The number of piperidine rings is 2. The van der Waals surface area contributed by atoms with E-state index in [4.69, 9.17) is 0 Å². The highest BCUT2D eigenvalue weighted by molar-refractivity contribution is 5.94. The van der Waals surface area contributed by atoms with Crippen molar-refractivity contribution in [3.05, 3.63) is 47.8 Å². The van der Waals surface area contributed by atoms with Crippen LogP contribution in [0.5, 0.6) is 0 Å². The number of carbonyl (C=O) groups is 2. The second kappa shape index (κ2) is 10.5. The van der Waals surface area contributed by atoms with E-state index in [2.05, 4.69) is 20.9 Å². The Hall–Kier alpha value is -2.45. The van der Waals surface area contributed by atoms with Gasteiger partial charge >= 0.3 is 0 Å². The zero-order chi connectivity index (χ0) is 20.1. The van der Waals surface area contributed by atoms with Crippen LogP contribution in [0, 0.1) is 0 Å². The zero-order valence-corrected chi connectivity index (χ0v) is 17.8. The Morgan fingerprint density at radius 1 is 1.10 bits per heavy atom. The maximum absolute atomic E-state index is 13.1. The Bertz CT molecular complexity index is 837. The molecular weight excluding hydrogens is 404 g/mol. The van der Waals surface area contributed by atoms with Crippen molar-refractivity contribution in [3.8, 4) is 0 Å². The SMILES string of the molecule is Cl.O=C(NCC1CCCCN1C(=O)c1cn(C2CCNCC2)nn1)c1ccccc1. The number of aromatic nitrogens is 3. The molecule has 2 aliphatic rings. The Morgan fingerprint density at radius 2 is 1.87 bits per heavy atom. The van der Waals surface area contributed by atoms with Crippen LogP contribution in [0.1, 0.15) is 59.0 Å². The van der Waals surface area contributed by atoms with E-state index in [1.54, 1.807) is 18.3 Å². The quantitative estimate of drug-likeness (QED) is 0.754. The van der Waals surface area contributed by atoms with Gasteiger partial charge in [-0.3, -0.25) is 9.59 Å². The third kappa shape index (κ3) is 5.17. The minimum absolute atomic E-state index is 0. The van der Waals surface area contributed by atoms with Crippen molar-refractivity contribution in [1.29, 1.82) is 0 Å². The number of carbonyl (C=O) groups excluding carboxylic acids is 2. The van der Waals surface area contributed by atoms with E-state index in [1.165, 1.54) is 0 Å². The Labute approximate surface area is 182 Å². The summed E-state index contributed by atoms with van der Waals surface area (Å²) < 4.78 is 1.84. The van der Waals surface area contributed by atoms with Gasteiger partial charge in [0.15, 0.2) is 5.69 Å². The predicted octanol–water partition coefficient (Wildman–Crippen LogP) is 2.05. The molecular formula is C21H29ClN6O2. The van der Waals surface area contributed by atoms with Gasteiger partial charge in [0.1, 0.15) is 0 Å².